The van der Waals surface area contributed by atoms with Gasteiger partial charge in [0.2, 0.25) is 5.91 Å². The highest BCUT2D eigenvalue weighted by molar-refractivity contribution is 5.94. The molecule has 1 aromatic carbocycles. The normalized spacial score (nSPS) is 23.1. The van der Waals surface area contributed by atoms with Crippen LogP contribution in [0, 0.1) is 5.92 Å². The smallest absolute Gasteiger partial charge is 0.251 e. The summed E-state index contributed by atoms with van der Waals surface area (Å²) in [5.41, 5.74) is 0.628. The standard InChI is InChI=1S/C21H24N4O3/c1-14(26)23-20-7-6-18(12-22-20)28-17-4-2-16(3-5-17)21(27)24-19-13-25-10-8-15(19)9-11-25/h2-7,12,15,19H,8-11,13H2,1H3,(H,24,27)(H,22,23,26)/t19-/m1/s1. The molecule has 2 N–H and O–H groups in total. The van der Waals surface area contributed by atoms with E-state index in [-0.39, 0.29) is 17.9 Å². The second-order valence-electron chi connectivity index (χ2n) is 7.40. The van der Waals surface area contributed by atoms with E-state index in [4.69, 9.17) is 4.74 Å². The van der Waals surface area contributed by atoms with Crippen LogP contribution in [0.5, 0.6) is 11.5 Å². The van der Waals surface area contributed by atoms with E-state index in [0.29, 0.717) is 28.8 Å². The number of pyridine rings is 1. The van der Waals surface area contributed by atoms with Crippen molar-refractivity contribution < 1.29 is 14.3 Å². The third kappa shape index (κ3) is 4.31. The molecule has 1 atom stereocenters. The van der Waals surface area contributed by atoms with E-state index < -0.39 is 0 Å². The highest BCUT2D eigenvalue weighted by Crippen LogP contribution is 2.28. The van der Waals surface area contributed by atoms with Gasteiger partial charge < -0.3 is 20.3 Å². The first kappa shape index (κ1) is 18.4. The van der Waals surface area contributed by atoms with Gasteiger partial charge in [-0.1, -0.05) is 0 Å². The summed E-state index contributed by atoms with van der Waals surface area (Å²) in [7, 11) is 0. The first-order valence-corrected chi connectivity index (χ1v) is 9.61. The molecule has 3 saturated heterocycles. The van der Waals surface area contributed by atoms with Gasteiger partial charge in [-0.3, -0.25) is 9.59 Å². The van der Waals surface area contributed by atoms with Crippen LogP contribution in [0.4, 0.5) is 5.82 Å². The summed E-state index contributed by atoms with van der Waals surface area (Å²) in [6.45, 7) is 4.70. The molecule has 0 spiro atoms. The molecule has 5 rings (SSSR count). The predicted octanol–water partition coefficient (Wildman–Crippen LogP) is 2.66. The van der Waals surface area contributed by atoms with Gasteiger partial charge in [-0.15, -0.1) is 0 Å². The number of anilines is 1. The van der Waals surface area contributed by atoms with Crippen LogP contribution in [0.15, 0.2) is 42.6 Å². The van der Waals surface area contributed by atoms with Crippen molar-refractivity contribution in [2.75, 3.05) is 25.0 Å². The summed E-state index contributed by atoms with van der Waals surface area (Å²) in [5, 5.41) is 5.80. The Kier molecular flexibility index (Phi) is 5.25. The van der Waals surface area contributed by atoms with Crippen LogP contribution in [0.1, 0.15) is 30.1 Å². The summed E-state index contributed by atoms with van der Waals surface area (Å²) in [5.74, 6) is 2.04. The molecule has 2 amide bonds. The van der Waals surface area contributed by atoms with Gasteiger partial charge in [0.25, 0.3) is 5.91 Å². The largest absolute Gasteiger partial charge is 0.456 e. The zero-order valence-corrected chi connectivity index (χ0v) is 15.9. The second kappa shape index (κ2) is 7.98. The van der Waals surface area contributed by atoms with Crippen molar-refractivity contribution >= 4 is 17.6 Å². The maximum atomic E-state index is 12.6. The highest BCUT2D eigenvalue weighted by atomic mass is 16.5. The van der Waals surface area contributed by atoms with Crippen molar-refractivity contribution in [3.05, 3.63) is 48.2 Å². The maximum Gasteiger partial charge on any atom is 0.251 e. The molecule has 3 aliphatic rings. The van der Waals surface area contributed by atoms with Crippen molar-refractivity contribution in [1.29, 1.82) is 0 Å². The fourth-order valence-electron chi connectivity index (χ4n) is 3.89. The van der Waals surface area contributed by atoms with Gasteiger partial charge >= 0.3 is 0 Å². The molecule has 1 aromatic heterocycles. The van der Waals surface area contributed by atoms with E-state index in [0.717, 1.165) is 19.6 Å². The molecule has 0 aliphatic carbocycles. The van der Waals surface area contributed by atoms with Crippen molar-refractivity contribution in [2.45, 2.75) is 25.8 Å². The highest BCUT2D eigenvalue weighted by Gasteiger charge is 2.34. The number of aromatic nitrogens is 1. The minimum absolute atomic E-state index is 0.0355. The van der Waals surface area contributed by atoms with Crippen molar-refractivity contribution in [1.82, 2.24) is 15.2 Å². The Morgan fingerprint density at radius 3 is 2.36 bits per heavy atom. The average molecular weight is 380 g/mol. The second-order valence-corrected chi connectivity index (χ2v) is 7.40. The number of ether oxygens (including phenoxy) is 1. The van der Waals surface area contributed by atoms with Crippen LogP contribution < -0.4 is 15.4 Å². The number of nitrogens with one attached hydrogen (secondary N) is 2. The lowest BCUT2D eigenvalue weighted by molar-refractivity contribution is -0.114. The van der Waals surface area contributed by atoms with Crippen LogP contribution >= 0.6 is 0 Å². The summed E-state index contributed by atoms with van der Waals surface area (Å²) in [6.07, 6.45) is 3.89. The Hall–Kier alpha value is -2.93. The van der Waals surface area contributed by atoms with Crippen molar-refractivity contribution in [2.24, 2.45) is 5.92 Å². The molecule has 3 fully saturated rings. The minimum atomic E-state index is -0.173. The molecule has 7 heteroatoms. The third-order valence-corrected chi connectivity index (χ3v) is 5.37. The van der Waals surface area contributed by atoms with Crippen LogP contribution in [0.3, 0.4) is 0 Å². The van der Waals surface area contributed by atoms with E-state index >= 15 is 0 Å². The van der Waals surface area contributed by atoms with Gasteiger partial charge in [0.1, 0.15) is 17.3 Å². The molecule has 4 heterocycles. The lowest BCUT2D eigenvalue weighted by Gasteiger charge is -2.44. The number of fused-ring (bicyclic) bond motifs is 3. The van der Waals surface area contributed by atoms with Gasteiger partial charge in [-0.25, -0.2) is 4.98 Å². The van der Waals surface area contributed by atoms with Gasteiger partial charge in [0.15, 0.2) is 0 Å². The Labute approximate surface area is 164 Å². The van der Waals surface area contributed by atoms with E-state index in [2.05, 4.69) is 20.5 Å². The summed E-state index contributed by atoms with van der Waals surface area (Å²) >= 11 is 0. The van der Waals surface area contributed by atoms with Crippen molar-refractivity contribution in [3.63, 3.8) is 0 Å². The van der Waals surface area contributed by atoms with E-state index in [1.165, 1.54) is 19.8 Å². The number of hydrogen-bond donors (Lipinski definition) is 2. The van der Waals surface area contributed by atoms with E-state index in [9.17, 15) is 9.59 Å². The first-order valence-electron chi connectivity index (χ1n) is 9.61. The fourth-order valence-corrected chi connectivity index (χ4v) is 3.89. The Bertz CT molecular complexity index is 843. The molecule has 3 aliphatic heterocycles. The number of carbonyl (C=O) groups excluding carboxylic acids is 2. The molecule has 28 heavy (non-hydrogen) atoms. The number of amides is 2. The first-order chi connectivity index (χ1) is 13.6. The van der Waals surface area contributed by atoms with Gasteiger partial charge in [0.05, 0.1) is 6.20 Å². The van der Waals surface area contributed by atoms with Gasteiger partial charge in [0, 0.05) is 25.1 Å². The fraction of sp³-hybridized carbons (Fsp3) is 0.381. The predicted molar refractivity (Wildman–Crippen MR) is 105 cm³/mol. The van der Waals surface area contributed by atoms with Crippen LogP contribution in [-0.4, -0.2) is 47.4 Å². The molecule has 2 aromatic rings. The number of hydrogen-bond acceptors (Lipinski definition) is 5. The number of piperidine rings is 3. The molecule has 0 radical (unpaired) electrons. The third-order valence-electron chi connectivity index (χ3n) is 5.37. The Morgan fingerprint density at radius 1 is 1.07 bits per heavy atom. The van der Waals surface area contributed by atoms with E-state index in [1.807, 2.05) is 0 Å². The number of nitrogens with zero attached hydrogens (tertiary/aromatic N) is 2. The summed E-state index contributed by atoms with van der Waals surface area (Å²) in [6, 6.07) is 10.7. The minimum Gasteiger partial charge on any atom is -0.456 e. The number of carbonyl (C=O) groups is 2. The van der Waals surface area contributed by atoms with Gasteiger partial charge in [-0.2, -0.15) is 0 Å². The Balaban J connectivity index is 1.34. The summed E-state index contributed by atoms with van der Waals surface area (Å²) in [4.78, 5) is 30.1. The molecular formula is C21H24N4O3. The lowest BCUT2D eigenvalue weighted by atomic mass is 9.84. The quantitative estimate of drug-likeness (QED) is 0.833. The zero-order valence-electron chi connectivity index (χ0n) is 15.9. The van der Waals surface area contributed by atoms with Crippen LogP contribution in [-0.2, 0) is 4.79 Å². The Morgan fingerprint density at radius 2 is 1.79 bits per heavy atom. The maximum absolute atomic E-state index is 12.6. The lowest BCUT2D eigenvalue weighted by Crippen LogP contribution is -2.57. The SMILES string of the molecule is CC(=O)Nc1ccc(Oc2ccc(C(=O)N[C@@H]3CN4CCC3CC4)cc2)cn1. The molecule has 146 valence electrons. The number of benzene rings is 1. The van der Waals surface area contributed by atoms with Crippen LogP contribution in [0.25, 0.3) is 0 Å². The van der Waals surface area contributed by atoms with Crippen LogP contribution in [0.2, 0.25) is 0 Å². The van der Waals surface area contributed by atoms with Gasteiger partial charge in [-0.05, 0) is 68.2 Å². The van der Waals surface area contributed by atoms with E-state index in [1.54, 1.807) is 42.6 Å². The molecule has 0 saturated carbocycles. The molecular weight excluding hydrogens is 356 g/mol. The zero-order chi connectivity index (χ0) is 19.5. The monoisotopic (exact) mass is 380 g/mol. The molecule has 0 unspecified atom stereocenters. The topological polar surface area (TPSA) is 83.6 Å². The summed E-state index contributed by atoms with van der Waals surface area (Å²) < 4.78 is 5.75. The average Bonchev–Trinajstić information content (AvgIpc) is 2.70. The van der Waals surface area contributed by atoms with Crippen molar-refractivity contribution in [3.8, 4) is 11.5 Å². The molecule has 2 bridgehead atoms. The molecule has 7 nitrogen and oxygen atoms in total. The number of rotatable bonds is 5.